The number of piperazine rings is 1. The topological polar surface area (TPSA) is 75.5 Å². The van der Waals surface area contributed by atoms with Crippen LogP contribution in [0.4, 0.5) is 0 Å². The molecule has 0 spiro atoms. The number of aromatic nitrogens is 2. The Labute approximate surface area is 125 Å². The van der Waals surface area contributed by atoms with Gasteiger partial charge in [0.1, 0.15) is 16.4 Å². The third kappa shape index (κ3) is 5.13. The van der Waals surface area contributed by atoms with Crippen LogP contribution >= 0.6 is 0 Å². The van der Waals surface area contributed by atoms with E-state index in [1.165, 1.54) is 6.26 Å². The predicted octanol–water partition coefficient (Wildman–Crippen LogP) is -0.620. The van der Waals surface area contributed by atoms with Crippen LogP contribution in [-0.2, 0) is 21.2 Å². The fourth-order valence-corrected chi connectivity index (χ4v) is 2.90. The maximum atomic E-state index is 12.2. The quantitative estimate of drug-likeness (QED) is 0.724. The van der Waals surface area contributed by atoms with E-state index in [2.05, 4.69) is 10.00 Å². The number of amides is 1. The molecular weight excluding hydrogens is 292 g/mol. The van der Waals surface area contributed by atoms with Crippen molar-refractivity contribution in [3.8, 4) is 0 Å². The lowest BCUT2D eigenvalue weighted by atomic mass is 10.3. The Morgan fingerprint density at radius 3 is 2.48 bits per heavy atom. The average Bonchev–Trinajstić information content (AvgIpc) is 2.81. The molecule has 0 N–H and O–H groups in total. The van der Waals surface area contributed by atoms with Crippen molar-refractivity contribution in [2.24, 2.45) is 0 Å². The monoisotopic (exact) mass is 314 g/mol. The fourth-order valence-electron chi connectivity index (χ4n) is 2.31. The van der Waals surface area contributed by atoms with Crippen LogP contribution in [0.5, 0.6) is 0 Å². The van der Waals surface area contributed by atoms with Gasteiger partial charge in [-0.2, -0.15) is 5.10 Å². The Morgan fingerprint density at radius 1 is 1.29 bits per heavy atom. The highest BCUT2D eigenvalue weighted by molar-refractivity contribution is 7.90. The summed E-state index contributed by atoms with van der Waals surface area (Å²) in [6.45, 7) is 5.42. The maximum absolute atomic E-state index is 12.2. The zero-order valence-electron chi connectivity index (χ0n) is 12.5. The van der Waals surface area contributed by atoms with Crippen molar-refractivity contribution in [1.82, 2.24) is 19.6 Å². The van der Waals surface area contributed by atoms with Gasteiger partial charge in [-0.25, -0.2) is 8.42 Å². The van der Waals surface area contributed by atoms with Gasteiger partial charge in [0.05, 0.1) is 11.4 Å². The van der Waals surface area contributed by atoms with Gasteiger partial charge in [0.25, 0.3) is 0 Å². The average molecular weight is 314 g/mol. The number of hydrogen-bond donors (Lipinski definition) is 0. The molecule has 2 rings (SSSR count). The number of carbonyl (C=O) groups excluding carboxylic acids is 1. The summed E-state index contributed by atoms with van der Waals surface area (Å²) in [6.07, 6.45) is 3.05. The summed E-state index contributed by atoms with van der Waals surface area (Å²) in [5.74, 6) is 0.230. The molecule has 1 fully saturated rings. The zero-order chi connectivity index (χ0) is 15.5. The molecular formula is C13H22N4O3S. The van der Waals surface area contributed by atoms with Crippen LogP contribution in [0.1, 0.15) is 5.69 Å². The van der Waals surface area contributed by atoms with E-state index in [-0.39, 0.29) is 18.2 Å². The van der Waals surface area contributed by atoms with Gasteiger partial charge in [0.2, 0.25) is 5.91 Å². The maximum Gasteiger partial charge on any atom is 0.244 e. The Balaban J connectivity index is 1.76. The minimum Gasteiger partial charge on any atom is -0.339 e. The van der Waals surface area contributed by atoms with Crippen LogP contribution in [0.3, 0.4) is 0 Å². The van der Waals surface area contributed by atoms with E-state index in [0.29, 0.717) is 19.6 Å². The zero-order valence-corrected chi connectivity index (χ0v) is 13.3. The predicted molar refractivity (Wildman–Crippen MR) is 79.7 cm³/mol. The van der Waals surface area contributed by atoms with Crippen molar-refractivity contribution < 1.29 is 13.2 Å². The largest absolute Gasteiger partial charge is 0.339 e. The van der Waals surface area contributed by atoms with Gasteiger partial charge in [-0.05, 0) is 13.0 Å². The highest BCUT2D eigenvalue weighted by Crippen LogP contribution is 2.04. The molecule has 0 unspecified atom stereocenters. The van der Waals surface area contributed by atoms with Crippen molar-refractivity contribution >= 4 is 15.7 Å². The fraction of sp³-hybridized carbons (Fsp3) is 0.692. The number of hydrogen-bond acceptors (Lipinski definition) is 5. The van der Waals surface area contributed by atoms with Crippen molar-refractivity contribution in [3.63, 3.8) is 0 Å². The van der Waals surface area contributed by atoms with Gasteiger partial charge in [0, 0.05) is 45.2 Å². The van der Waals surface area contributed by atoms with E-state index in [9.17, 15) is 13.2 Å². The molecule has 1 aliphatic rings. The smallest absolute Gasteiger partial charge is 0.244 e. The first-order chi connectivity index (χ1) is 9.83. The van der Waals surface area contributed by atoms with Crippen molar-refractivity contribution in [1.29, 1.82) is 0 Å². The molecule has 0 aliphatic carbocycles. The Bertz CT molecular complexity index is 588. The summed E-state index contributed by atoms with van der Waals surface area (Å²) in [4.78, 5) is 16.1. The summed E-state index contributed by atoms with van der Waals surface area (Å²) < 4.78 is 23.9. The summed E-state index contributed by atoms with van der Waals surface area (Å²) in [7, 11) is -2.93. The molecule has 8 heteroatoms. The lowest BCUT2D eigenvalue weighted by Gasteiger charge is -2.34. The lowest BCUT2D eigenvalue weighted by molar-refractivity contribution is -0.133. The summed E-state index contributed by atoms with van der Waals surface area (Å²) in [6, 6.07) is 1.87. The van der Waals surface area contributed by atoms with E-state index < -0.39 is 9.84 Å². The molecule has 1 aromatic heterocycles. The highest BCUT2D eigenvalue weighted by atomic mass is 32.2. The first-order valence-electron chi connectivity index (χ1n) is 7.01. The minimum atomic E-state index is -2.93. The summed E-state index contributed by atoms with van der Waals surface area (Å²) in [5.41, 5.74) is 0.897. The van der Waals surface area contributed by atoms with Crippen LogP contribution < -0.4 is 0 Å². The van der Waals surface area contributed by atoms with E-state index >= 15 is 0 Å². The van der Waals surface area contributed by atoms with Gasteiger partial charge in [-0.1, -0.05) is 0 Å². The molecule has 1 saturated heterocycles. The summed E-state index contributed by atoms with van der Waals surface area (Å²) >= 11 is 0. The van der Waals surface area contributed by atoms with E-state index in [1.54, 1.807) is 10.9 Å². The van der Waals surface area contributed by atoms with E-state index in [0.717, 1.165) is 18.8 Å². The molecule has 2 heterocycles. The first-order valence-corrected chi connectivity index (χ1v) is 9.07. The number of sulfone groups is 1. The van der Waals surface area contributed by atoms with Gasteiger partial charge in [-0.15, -0.1) is 0 Å². The first kappa shape index (κ1) is 16.0. The van der Waals surface area contributed by atoms with E-state index in [1.807, 2.05) is 17.9 Å². The number of nitrogens with zero attached hydrogens (tertiary/aromatic N) is 4. The number of rotatable bonds is 5. The normalized spacial score (nSPS) is 17.1. The Hall–Kier alpha value is -1.41. The molecule has 21 heavy (non-hydrogen) atoms. The van der Waals surface area contributed by atoms with Crippen LogP contribution in [0.15, 0.2) is 12.3 Å². The van der Waals surface area contributed by atoms with Gasteiger partial charge >= 0.3 is 0 Å². The molecule has 0 aromatic carbocycles. The standard InChI is InChI=1S/C13H22N4O3S/c1-12-3-4-17(14-12)11-13(18)16-7-5-15(6-8-16)9-10-21(2,19)20/h3-4H,5-11H2,1-2H3. The van der Waals surface area contributed by atoms with Gasteiger partial charge in [-0.3, -0.25) is 14.4 Å². The molecule has 0 saturated carbocycles. The Morgan fingerprint density at radius 2 is 1.95 bits per heavy atom. The number of aryl methyl sites for hydroxylation is 1. The van der Waals surface area contributed by atoms with Crippen molar-refractivity contribution in [2.75, 3.05) is 44.7 Å². The molecule has 1 aliphatic heterocycles. The third-order valence-electron chi connectivity index (χ3n) is 3.57. The molecule has 1 aromatic rings. The van der Waals surface area contributed by atoms with Crippen LogP contribution in [-0.4, -0.2) is 78.6 Å². The van der Waals surface area contributed by atoms with E-state index in [4.69, 9.17) is 0 Å². The number of carbonyl (C=O) groups is 1. The second-order valence-electron chi connectivity index (χ2n) is 5.51. The van der Waals surface area contributed by atoms with Gasteiger partial charge in [0.15, 0.2) is 0 Å². The van der Waals surface area contributed by atoms with Crippen molar-refractivity contribution in [3.05, 3.63) is 18.0 Å². The third-order valence-corrected chi connectivity index (χ3v) is 4.50. The Kier molecular flexibility index (Phi) is 5.00. The summed E-state index contributed by atoms with van der Waals surface area (Å²) in [5, 5.41) is 4.21. The molecule has 1 amide bonds. The minimum absolute atomic E-state index is 0.0564. The van der Waals surface area contributed by atoms with Crippen LogP contribution in [0.25, 0.3) is 0 Å². The SMILES string of the molecule is Cc1ccn(CC(=O)N2CCN(CCS(C)(=O)=O)CC2)n1. The molecule has 0 radical (unpaired) electrons. The highest BCUT2D eigenvalue weighted by Gasteiger charge is 2.21. The van der Waals surface area contributed by atoms with Crippen LogP contribution in [0.2, 0.25) is 0 Å². The molecule has 0 bridgehead atoms. The van der Waals surface area contributed by atoms with Crippen LogP contribution in [0, 0.1) is 6.92 Å². The second-order valence-corrected chi connectivity index (χ2v) is 7.77. The molecule has 0 atom stereocenters. The molecule has 7 nitrogen and oxygen atoms in total. The second kappa shape index (κ2) is 6.57. The molecule has 118 valence electrons. The van der Waals surface area contributed by atoms with Gasteiger partial charge < -0.3 is 4.90 Å². The lowest BCUT2D eigenvalue weighted by Crippen LogP contribution is -2.50. The van der Waals surface area contributed by atoms with Crippen molar-refractivity contribution in [2.45, 2.75) is 13.5 Å².